The van der Waals surface area contributed by atoms with Gasteiger partial charge in [0.2, 0.25) is 11.8 Å². The Hall–Kier alpha value is -2.87. The summed E-state index contributed by atoms with van der Waals surface area (Å²) < 4.78 is 12.1. The third kappa shape index (κ3) is 4.97. The molecule has 8 nitrogen and oxygen atoms in total. The molecular formula is C26H35N5O3. The number of nitrogens with one attached hydrogen (secondary N) is 2. The number of fused-ring (bicyclic) bond motifs is 1. The average Bonchev–Trinajstić information content (AvgIpc) is 3.38. The van der Waals surface area contributed by atoms with Gasteiger partial charge in [-0.05, 0) is 70.3 Å². The van der Waals surface area contributed by atoms with Crippen molar-refractivity contribution in [3.05, 3.63) is 23.5 Å². The fourth-order valence-electron chi connectivity index (χ4n) is 4.75. The van der Waals surface area contributed by atoms with Gasteiger partial charge in [-0.3, -0.25) is 0 Å². The van der Waals surface area contributed by atoms with E-state index in [1.54, 1.807) is 0 Å². The fourth-order valence-corrected chi connectivity index (χ4v) is 4.75. The first-order valence-electron chi connectivity index (χ1n) is 12.6. The van der Waals surface area contributed by atoms with Crippen molar-refractivity contribution in [2.75, 3.05) is 30.4 Å². The molecule has 182 valence electrons. The number of ether oxygens (including phenoxy) is 1. The van der Waals surface area contributed by atoms with Crippen LogP contribution in [-0.2, 0) is 0 Å². The van der Waals surface area contributed by atoms with E-state index in [-0.39, 0.29) is 12.6 Å². The Labute approximate surface area is 200 Å². The Balaban J connectivity index is 1.50. The lowest BCUT2D eigenvalue weighted by Gasteiger charge is -2.18. The fraction of sp³-hybridized carbons (Fsp3) is 0.577. The molecule has 0 bridgehead atoms. The second kappa shape index (κ2) is 9.78. The molecule has 34 heavy (non-hydrogen) atoms. The minimum absolute atomic E-state index is 0.236. The van der Waals surface area contributed by atoms with Gasteiger partial charge in [-0.15, -0.1) is 0 Å². The molecule has 2 unspecified atom stereocenters. The number of nitrogens with zero attached hydrogens (tertiary/aromatic N) is 3. The summed E-state index contributed by atoms with van der Waals surface area (Å²) in [6.45, 7) is 7.80. The Morgan fingerprint density at radius 2 is 1.88 bits per heavy atom. The number of furan rings is 1. The number of aliphatic hydroxyl groups excluding tert-OH is 1. The Bertz CT molecular complexity index is 1160. The smallest absolute Gasteiger partial charge is 0.224 e. The van der Waals surface area contributed by atoms with E-state index in [9.17, 15) is 5.11 Å². The number of hydrogen-bond acceptors (Lipinski definition) is 8. The topological polar surface area (TPSA) is 105 Å². The lowest BCUT2D eigenvalue weighted by atomic mass is 10.1. The molecule has 8 heteroatoms. The predicted octanol–water partition coefficient (Wildman–Crippen LogP) is 5.09. The summed E-state index contributed by atoms with van der Waals surface area (Å²) in [5, 5.41) is 17.6. The van der Waals surface area contributed by atoms with Gasteiger partial charge in [-0.1, -0.05) is 6.92 Å². The normalized spacial score (nSPS) is 20.1. The first kappa shape index (κ1) is 22.9. The van der Waals surface area contributed by atoms with E-state index in [1.165, 1.54) is 12.8 Å². The van der Waals surface area contributed by atoms with Gasteiger partial charge in [0.05, 0.1) is 23.6 Å². The molecule has 3 N–H and O–H groups in total. The number of aryl methyl sites for hydroxylation is 2. The molecule has 2 aliphatic carbocycles. The highest BCUT2D eigenvalue weighted by Crippen LogP contribution is 2.38. The highest BCUT2D eigenvalue weighted by molar-refractivity contribution is 5.88. The third-order valence-electron chi connectivity index (χ3n) is 6.82. The standard InChI is InChI=1S/C26H35N5O3/c1-4-9-33-22-12-19-11-21(34-24(19)16(3)28-22)23-15(2)29-26(27-13-17-5-6-17)31-25(23)30-20-8-7-18(10-20)14-32/h11-12,17-18,20,32H,4-10,13-14H2,1-3H3,(H2,27,29,30,31). The van der Waals surface area contributed by atoms with Crippen LogP contribution in [0.2, 0.25) is 0 Å². The van der Waals surface area contributed by atoms with Crippen molar-refractivity contribution >= 4 is 22.7 Å². The lowest BCUT2D eigenvalue weighted by Crippen LogP contribution is -2.19. The summed E-state index contributed by atoms with van der Waals surface area (Å²) in [6.07, 6.45) is 6.45. The van der Waals surface area contributed by atoms with Crippen molar-refractivity contribution in [2.24, 2.45) is 11.8 Å². The largest absolute Gasteiger partial charge is 0.478 e. The summed E-state index contributed by atoms with van der Waals surface area (Å²) in [5.41, 5.74) is 3.28. The first-order chi connectivity index (χ1) is 16.5. The van der Waals surface area contributed by atoms with Gasteiger partial charge in [-0.2, -0.15) is 4.98 Å². The number of aliphatic hydroxyl groups is 1. The molecule has 3 aromatic heterocycles. The number of rotatable bonds is 10. The Kier molecular flexibility index (Phi) is 6.59. The summed E-state index contributed by atoms with van der Waals surface area (Å²) in [7, 11) is 0. The van der Waals surface area contributed by atoms with E-state index in [0.29, 0.717) is 24.4 Å². The molecule has 0 spiro atoms. The van der Waals surface area contributed by atoms with Crippen molar-refractivity contribution in [1.29, 1.82) is 0 Å². The summed E-state index contributed by atoms with van der Waals surface area (Å²) in [5.74, 6) is 3.84. The molecule has 3 heterocycles. The molecule has 2 atom stereocenters. The van der Waals surface area contributed by atoms with Crippen molar-refractivity contribution in [1.82, 2.24) is 15.0 Å². The van der Waals surface area contributed by atoms with E-state index >= 15 is 0 Å². The van der Waals surface area contributed by atoms with E-state index < -0.39 is 0 Å². The van der Waals surface area contributed by atoms with Crippen molar-refractivity contribution < 1.29 is 14.3 Å². The summed E-state index contributed by atoms with van der Waals surface area (Å²) in [4.78, 5) is 14.2. The van der Waals surface area contributed by atoms with Gasteiger partial charge in [-0.25, -0.2) is 9.97 Å². The molecule has 2 aliphatic rings. The lowest BCUT2D eigenvalue weighted by molar-refractivity contribution is 0.229. The molecule has 2 fully saturated rings. The molecule has 0 radical (unpaired) electrons. The maximum Gasteiger partial charge on any atom is 0.224 e. The Morgan fingerprint density at radius 3 is 2.62 bits per heavy atom. The summed E-state index contributed by atoms with van der Waals surface area (Å²) in [6, 6.07) is 4.23. The molecule has 3 aromatic rings. The molecule has 0 aliphatic heterocycles. The van der Waals surface area contributed by atoms with Crippen LogP contribution in [0, 0.1) is 25.7 Å². The molecule has 2 saturated carbocycles. The number of aromatic nitrogens is 3. The van der Waals surface area contributed by atoms with Gasteiger partial charge >= 0.3 is 0 Å². The maximum absolute atomic E-state index is 9.59. The molecule has 0 aromatic carbocycles. The van der Waals surface area contributed by atoms with Crippen LogP contribution < -0.4 is 15.4 Å². The van der Waals surface area contributed by atoms with Gasteiger partial charge in [0.15, 0.2) is 5.58 Å². The van der Waals surface area contributed by atoms with Gasteiger partial charge in [0.1, 0.15) is 11.6 Å². The quantitative estimate of drug-likeness (QED) is 0.380. The molecule has 5 rings (SSSR count). The average molecular weight is 466 g/mol. The van der Waals surface area contributed by atoms with Crippen LogP contribution >= 0.6 is 0 Å². The highest BCUT2D eigenvalue weighted by Gasteiger charge is 2.27. The summed E-state index contributed by atoms with van der Waals surface area (Å²) >= 11 is 0. The van der Waals surface area contributed by atoms with Crippen LogP contribution in [0.1, 0.15) is 56.8 Å². The highest BCUT2D eigenvalue weighted by atomic mass is 16.5. The first-order valence-corrected chi connectivity index (χ1v) is 12.6. The van der Waals surface area contributed by atoms with E-state index in [1.807, 2.05) is 26.0 Å². The third-order valence-corrected chi connectivity index (χ3v) is 6.82. The minimum Gasteiger partial charge on any atom is -0.478 e. The van der Waals surface area contributed by atoms with Crippen LogP contribution in [0.25, 0.3) is 22.3 Å². The van der Waals surface area contributed by atoms with Crippen LogP contribution in [-0.4, -0.2) is 45.9 Å². The predicted molar refractivity (Wildman–Crippen MR) is 133 cm³/mol. The zero-order valence-corrected chi connectivity index (χ0v) is 20.4. The number of pyridine rings is 1. The molecular weight excluding hydrogens is 430 g/mol. The second-order valence-corrected chi connectivity index (χ2v) is 9.81. The van der Waals surface area contributed by atoms with E-state index in [2.05, 4.69) is 22.5 Å². The Morgan fingerprint density at radius 1 is 1.06 bits per heavy atom. The number of anilines is 2. The zero-order valence-electron chi connectivity index (χ0n) is 20.4. The maximum atomic E-state index is 9.59. The van der Waals surface area contributed by atoms with Gasteiger partial charge in [0.25, 0.3) is 0 Å². The SMILES string of the molecule is CCCOc1cc2cc(-c3c(C)nc(NCC4CC4)nc3NC3CCC(CO)C3)oc2c(C)n1. The molecule has 0 saturated heterocycles. The van der Waals surface area contributed by atoms with Crippen LogP contribution in [0.15, 0.2) is 16.5 Å². The van der Waals surface area contributed by atoms with Crippen molar-refractivity contribution in [3.8, 4) is 17.2 Å². The molecule has 0 amide bonds. The van der Waals surface area contributed by atoms with Gasteiger partial charge < -0.3 is 24.9 Å². The number of hydrogen-bond donors (Lipinski definition) is 3. The second-order valence-electron chi connectivity index (χ2n) is 9.81. The van der Waals surface area contributed by atoms with E-state index in [4.69, 9.17) is 19.1 Å². The monoisotopic (exact) mass is 465 g/mol. The van der Waals surface area contributed by atoms with Gasteiger partial charge in [0, 0.05) is 30.6 Å². The van der Waals surface area contributed by atoms with Crippen molar-refractivity contribution in [3.63, 3.8) is 0 Å². The minimum atomic E-state index is 0.236. The van der Waals surface area contributed by atoms with Crippen LogP contribution in [0.3, 0.4) is 0 Å². The van der Waals surface area contributed by atoms with Crippen LogP contribution in [0.5, 0.6) is 5.88 Å². The van der Waals surface area contributed by atoms with E-state index in [0.717, 1.165) is 77.6 Å². The van der Waals surface area contributed by atoms with Crippen molar-refractivity contribution in [2.45, 2.75) is 65.3 Å². The zero-order chi connectivity index (χ0) is 23.7. The van der Waals surface area contributed by atoms with Crippen LogP contribution in [0.4, 0.5) is 11.8 Å².